The Balaban J connectivity index is 0.000000132. The summed E-state index contributed by atoms with van der Waals surface area (Å²) in [4.78, 5) is 27.2. The van der Waals surface area contributed by atoms with E-state index >= 15 is 0 Å². The van der Waals surface area contributed by atoms with Gasteiger partial charge in [0.25, 0.3) is 0 Å². The van der Waals surface area contributed by atoms with Crippen molar-refractivity contribution >= 4 is 130 Å². The normalized spacial score (nSPS) is 11.0. The van der Waals surface area contributed by atoms with E-state index in [0.717, 1.165) is 85.3 Å². The van der Waals surface area contributed by atoms with E-state index in [-0.39, 0.29) is 60.3 Å². The summed E-state index contributed by atoms with van der Waals surface area (Å²) in [5, 5.41) is 15.9. The molecule has 0 fully saturated rings. The molecule has 0 aliphatic heterocycles. The molecule has 0 saturated carbocycles. The van der Waals surface area contributed by atoms with Gasteiger partial charge in [0, 0.05) is 125 Å². The van der Waals surface area contributed by atoms with Crippen molar-refractivity contribution < 1.29 is 60.3 Å². The van der Waals surface area contributed by atoms with Crippen LogP contribution in [0.5, 0.6) is 0 Å². The summed E-state index contributed by atoms with van der Waals surface area (Å²) in [6.45, 7) is 17.4. The molecule has 3 radical (unpaired) electrons. The number of benzene rings is 13. The van der Waals surface area contributed by atoms with Crippen LogP contribution in [-0.4, -0.2) is 63.3 Å². The molecule has 0 aliphatic carbocycles. The Morgan fingerprint density at radius 3 is 0.977 bits per heavy atom. The molecule has 9 aromatic heterocycles. The third-order valence-electron chi connectivity index (χ3n) is 23.7. The van der Waals surface area contributed by atoms with Gasteiger partial charge < -0.3 is 39.0 Å². The zero-order valence-corrected chi connectivity index (χ0v) is 84.7. The number of hydrogen-bond donors (Lipinski definition) is 0. The van der Waals surface area contributed by atoms with Gasteiger partial charge >= 0.3 is 0 Å². The summed E-state index contributed by atoms with van der Waals surface area (Å²) in [5.41, 5.74) is 18.1. The van der Waals surface area contributed by atoms with Crippen LogP contribution in [0.4, 0.5) is 0 Å². The summed E-state index contributed by atoms with van der Waals surface area (Å²) in [6.07, 6.45) is 11.6. The van der Waals surface area contributed by atoms with Gasteiger partial charge in [0.1, 0.15) is 24.2 Å². The Labute approximate surface area is 816 Å². The smallest absolute Gasteiger partial charge is 0.114 e. The number of thiophene rings is 1. The fraction of sp³-hybridized carbons (Fsp3) is 0.0690. The molecule has 0 saturated heterocycles. The molecule has 13 aromatic carbocycles. The molecule has 0 amide bonds. The second-order valence-corrected chi connectivity index (χ2v) is 47.0. The maximum absolute atomic E-state index is 4.89. The van der Waals surface area contributed by atoms with Gasteiger partial charge in [-0.3, -0.25) is 0 Å². The van der Waals surface area contributed by atoms with Crippen molar-refractivity contribution in [2.75, 3.05) is 0 Å². The Morgan fingerprint density at radius 2 is 0.588 bits per heavy atom. The number of hydrogen-bond acceptors (Lipinski definition) is 7. The topological polar surface area (TPSA) is 87.2 Å². The van der Waals surface area contributed by atoms with Crippen molar-refractivity contribution in [1.29, 1.82) is 0 Å². The van der Waals surface area contributed by atoms with Crippen molar-refractivity contribution in [3.8, 4) is 73.2 Å². The van der Waals surface area contributed by atoms with Crippen molar-refractivity contribution in [2.45, 2.75) is 52.8 Å². The maximum atomic E-state index is 4.89. The fourth-order valence-corrected chi connectivity index (χ4v) is 24.1. The largest absolute Gasteiger partial charge is 0.381 e. The molecular weight excluding hydrogens is 2200 g/mol. The zero-order valence-electron chi connectivity index (χ0n) is 73.7. The van der Waals surface area contributed by atoms with Gasteiger partial charge in [-0.05, 0) is 137 Å². The number of aromatic nitrogens is 8. The first kappa shape index (κ1) is 94.3. The van der Waals surface area contributed by atoms with Crippen LogP contribution in [0.3, 0.4) is 0 Å². The van der Waals surface area contributed by atoms with Gasteiger partial charge in [-0.25, -0.2) is 0 Å². The molecule has 22 rings (SSSR count). The average molecular weight is 2290 g/mol. The third kappa shape index (κ3) is 21.8. The molecule has 0 N–H and O–H groups in total. The number of nitrogens with zero attached hydrogens (tertiary/aromatic N) is 8. The van der Waals surface area contributed by atoms with E-state index in [1.54, 1.807) is 18.6 Å². The SMILES string of the molecule is CCn1c2c[c-]c(-c3ccc([Si](C)(C)c4ccccc4)cn3)cc2c2ccccc21.C[Si](C)(c1ccccc1)c1ccc(-c2[c-]cc3c(c2)c2ccccc2n3-c2ccccc2)nc1.C[Si](C)(c1ccccc1)c1ccc(-c2[c-]cc3sc4ccccc4c3c2)nc1.[Ir].[Ir].[Ir].[c-]1ccccc1-c1ccccn1.[c-]1ccccc1-c1ccccn1.[c-]1ccccc1-c1ccccn1. The van der Waals surface area contributed by atoms with E-state index in [1.807, 2.05) is 139 Å². The van der Waals surface area contributed by atoms with Crippen LogP contribution in [0, 0.1) is 36.4 Å². The maximum Gasteiger partial charge on any atom is 0.114 e. The molecule has 0 unspecified atom stereocenters. The van der Waals surface area contributed by atoms with E-state index in [1.165, 1.54) is 89.4 Å². The first-order valence-corrected chi connectivity index (χ1v) is 53.0. The van der Waals surface area contributed by atoms with Crippen molar-refractivity contribution in [3.63, 3.8) is 0 Å². The van der Waals surface area contributed by atoms with Crippen LogP contribution >= 0.6 is 11.3 Å². The van der Waals surface area contributed by atoms with Gasteiger partial charge in [0.15, 0.2) is 0 Å². The van der Waals surface area contributed by atoms with Crippen molar-refractivity contribution in [2.24, 2.45) is 0 Å². The Morgan fingerprint density at radius 1 is 0.252 bits per heavy atom. The number of para-hydroxylation sites is 3. The quantitative estimate of drug-likeness (QED) is 0.0796. The first-order valence-electron chi connectivity index (χ1n) is 43.2. The number of pyridine rings is 6. The van der Waals surface area contributed by atoms with Gasteiger partial charge in [0.05, 0.1) is 0 Å². The number of fused-ring (bicyclic) bond motifs is 9. The zero-order chi connectivity index (χ0) is 87.7. The van der Waals surface area contributed by atoms with Crippen molar-refractivity contribution in [3.05, 3.63) is 468 Å². The predicted octanol–water partition coefficient (Wildman–Crippen LogP) is 25.3. The van der Waals surface area contributed by atoms with E-state index in [0.29, 0.717) is 0 Å². The van der Waals surface area contributed by atoms with E-state index in [2.05, 4.69) is 392 Å². The molecule has 0 bridgehead atoms. The van der Waals surface area contributed by atoms with Gasteiger partial charge in [-0.1, -0.05) is 308 Å². The summed E-state index contributed by atoms with van der Waals surface area (Å²) in [5.74, 6) is 0. The molecule has 0 spiro atoms. The predicted molar refractivity (Wildman–Crippen MR) is 547 cm³/mol. The minimum Gasteiger partial charge on any atom is -0.381 e. The van der Waals surface area contributed by atoms with Crippen molar-refractivity contribution in [1.82, 2.24) is 39.0 Å². The summed E-state index contributed by atoms with van der Waals surface area (Å²) < 4.78 is 7.27. The van der Waals surface area contributed by atoms with Gasteiger partial charge in [-0.2, -0.15) is 11.3 Å². The van der Waals surface area contributed by atoms with E-state index < -0.39 is 24.2 Å². The molecule has 8 nitrogen and oxygen atoms in total. The van der Waals surface area contributed by atoms with Crippen LogP contribution in [0.1, 0.15) is 6.92 Å². The molecule has 649 valence electrons. The third-order valence-corrected chi connectivity index (χ3v) is 35.4. The van der Waals surface area contributed by atoms with Crippen LogP contribution in [0.2, 0.25) is 39.3 Å². The molecule has 0 aliphatic rings. The minimum absolute atomic E-state index is 0. The van der Waals surface area contributed by atoms with Crippen LogP contribution in [-0.2, 0) is 66.9 Å². The minimum atomic E-state index is -1.77. The van der Waals surface area contributed by atoms with E-state index in [4.69, 9.17) is 15.0 Å². The summed E-state index contributed by atoms with van der Waals surface area (Å²) >= 11 is 1.82. The molecular formula is C116H94Ir3N8SSi3-6. The monoisotopic (exact) mass is 2290 g/mol. The fourth-order valence-electron chi connectivity index (χ4n) is 16.3. The summed E-state index contributed by atoms with van der Waals surface area (Å²) in [7, 11) is -5.23. The standard InChI is InChI=1S/C31H25N2Si.C27H25N2Si.C25H20NSSi.3C11H8N.3Ir/c1-34(2,25-13-7-4-8-14-25)26-18-19-29(32-22-26)23-17-20-31-28(21-23)27-15-9-10-16-30(27)33(31)24-11-5-3-6-12-24;1-4-29-26-13-9-8-12-23(26)24-18-20(14-17-27(24)29)25-16-15-22(19-28-25)30(2,3)21-10-6-5-7-11-21;1-28(2,19-8-4-3-5-9-19)20-13-14-23(26-17-20)18-12-15-25-22(16-18)21-10-6-7-11-24(21)27-25;3*1-2-6-10(7-3-1)11-8-4-5-9-12-11;;;/h3-16,18-22H,1-2H3;5-13,15-19H,4H2,1-3H3;3-11,13-17H,1-2H3;3*1-6,8-9H;;;/q6*-1;;;. The first-order chi connectivity index (χ1) is 62.7. The summed E-state index contributed by atoms with van der Waals surface area (Å²) in [6, 6.07) is 156. The Bertz CT molecular complexity index is 7090. The average Bonchev–Trinajstić information content (AvgIpc) is 1.52. The number of rotatable bonds is 14. The molecule has 0 atom stereocenters. The number of aryl methyl sites for hydroxylation is 1. The van der Waals surface area contributed by atoms with Crippen LogP contribution < -0.4 is 31.1 Å². The van der Waals surface area contributed by atoms with E-state index in [9.17, 15) is 0 Å². The second kappa shape index (κ2) is 44.2. The molecule has 22 aromatic rings. The molecule has 131 heavy (non-hydrogen) atoms. The molecule has 9 heterocycles. The van der Waals surface area contributed by atoms with Gasteiger partial charge in [-0.15, -0.1) is 179 Å². The van der Waals surface area contributed by atoms with Gasteiger partial charge in [0.2, 0.25) is 0 Å². The Hall–Kier alpha value is -12.8. The van der Waals surface area contributed by atoms with Crippen LogP contribution in [0.25, 0.3) is 137 Å². The Kier molecular flexibility index (Phi) is 31.8. The van der Waals surface area contributed by atoms with Crippen LogP contribution in [0.15, 0.2) is 431 Å². The second-order valence-electron chi connectivity index (χ2n) is 32.7. The molecule has 15 heteroatoms.